The molecule has 2 aromatic rings. The monoisotopic (exact) mass is 269 g/mol. The van der Waals surface area contributed by atoms with E-state index in [4.69, 9.17) is 4.74 Å². The SMILES string of the molecule is COc1ccc(C(Nc2cccc(O)c2)C2CC2)cc1. The van der Waals surface area contributed by atoms with Crippen LogP contribution in [0.3, 0.4) is 0 Å². The first kappa shape index (κ1) is 12.9. The second-order valence-electron chi connectivity index (χ2n) is 5.28. The first-order chi connectivity index (χ1) is 9.76. The lowest BCUT2D eigenvalue weighted by Gasteiger charge is -2.20. The molecular weight excluding hydrogens is 250 g/mol. The fourth-order valence-electron chi connectivity index (χ4n) is 2.49. The smallest absolute Gasteiger partial charge is 0.118 e. The van der Waals surface area contributed by atoms with Crippen molar-refractivity contribution in [1.82, 2.24) is 0 Å². The average molecular weight is 269 g/mol. The Labute approximate surface area is 119 Å². The highest BCUT2D eigenvalue weighted by atomic mass is 16.5. The van der Waals surface area contributed by atoms with Crippen molar-refractivity contribution in [1.29, 1.82) is 0 Å². The predicted octanol–water partition coefficient (Wildman–Crippen LogP) is 3.96. The molecule has 1 saturated carbocycles. The van der Waals surface area contributed by atoms with Crippen LogP contribution in [0.1, 0.15) is 24.4 Å². The molecular formula is C17H19NO2. The van der Waals surface area contributed by atoms with Crippen LogP contribution in [-0.2, 0) is 0 Å². The number of methoxy groups -OCH3 is 1. The molecule has 0 aliphatic heterocycles. The third-order valence-corrected chi connectivity index (χ3v) is 3.74. The topological polar surface area (TPSA) is 41.5 Å². The van der Waals surface area contributed by atoms with E-state index in [9.17, 15) is 5.11 Å². The summed E-state index contributed by atoms with van der Waals surface area (Å²) in [5, 5.41) is 13.1. The van der Waals surface area contributed by atoms with Crippen LogP contribution in [-0.4, -0.2) is 12.2 Å². The van der Waals surface area contributed by atoms with Crippen LogP contribution in [0, 0.1) is 5.92 Å². The Balaban J connectivity index is 1.81. The summed E-state index contributed by atoms with van der Waals surface area (Å²) in [5.74, 6) is 1.84. The van der Waals surface area contributed by atoms with Gasteiger partial charge in [-0.2, -0.15) is 0 Å². The summed E-state index contributed by atoms with van der Waals surface area (Å²) in [6, 6.07) is 15.8. The van der Waals surface area contributed by atoms with Crippen molar-refractivity contribution >= 4 is 5.69 Å². The lowest BCUT2D eigenvalue weighted by molar-refractivity contribution is 0.414. The highest BCUT2D eigenvalue weighted by Crippen LogP contribution is 2.43. The number of aromatic hydroxyl groups is 1. The van der Waals surface area contributed by atoms with Gasteiger partial charge in [-0.05, 0) is 48.6 Å². The number of benzene rings is 2. The molecule has 0 saturated heterocycles. The van der Waals surface area contributed by atoms with Gasteiger partial charge in [0, 0.05) is 11.8 Å². The Bertz CT molecular complexity index is 576. The van der Waals surface area contributed by atoms with E-state index in [2.05, 4.69) is 17.4 Å². The number of rotatable bonds is 5. The number of ether oxygens (including phenoxy) is 1. The number of hydrogen-bond donors (Lipinski definition) is 2. The van der Waals surface area contributed by atoms with Crippen LogP contribution >= 0.6 is 0 Å². The van der Waals surface area contributed by atoms with E-state index in [1.165, 1.54) is 18.4 Å². The summed E-state index contributed by atoms with van der Waals surface area (Å²) in [4.78, 5) is 0. The van der Waals surface area contributed by atoms with Gasteiger partial charge in [-0.1, -0.05) is 18.2 Å². The molecule has 1 atom stereocenters. The van der Waals surface area contributed by atoms with Gasteiger partial charge in [0.2, 0.25) is 0 Å². The van der Waals surface area contributed by atoms with Gasteiger partial charge in [0.05, 0.1) is 13.2 Å². The molecule has 2 aromatic carbocycles. The first-order valence-electron chi connectivity index (χ1n) is 6.96. The molecule has 0 amide bonds. The molecule has 3 rings (SSSR count). The molecule has 1 aliphatic rings. The van der Waals surface area contributed by atoms with Crippen molar-refractivity contribution in [3.63, 3.8) is 0 Å². The molecule has 3 heteroatoms. The van der Waals surface area contributed by atoms with Crippen molar-refractivity contribution in [2.24, 2.45) is 5.92 Å². The van der Waals surface area contributed by atoms with E-state index in [0.29, 0.717) is 17.7 Å². The van der Waals surface area contributed by atoms with Gasteiger partial charge >= 0.3 is 0 Å². The fourth-order valence-corrected chi connectivity index (χ4v) is 2.49. The lowest BCUT2D eigenvalue weighted by Crippen LogP contribution is -2.12. The molecule has 1 fully saturated rings. The van der Waals surface area contributed by atoms with Gasteiger partial charge < -0.3 is 15.2 Å². The zero-order valence-corrected chi connectivity index (χ0v) is 11.5. The van der Waals surface area contributed by atoms with E-state index in [-0.39, 0.29) is 0 Å². The predicted molar refractivity (Wildman–Crippen MR) is 80.2 cm³/mol. The van der Waals surface area contributed by atoms with Gasteiger partial charge in [0.15, 0.2) is 0 Å². The van der Waals surface area contributed by atoms with E-state index in [0.717, 1.165) is 11.4 Å². The van der Waals surface area contributed by atoms with Crippen LogP contribution < -0.4 is 10.1 Å². The van der Waals surface area contributed by atoms with Crippen LogP contribution in [0.4, 0.5) is 5.69 Å². The maximum absolute atomic E-state index is 9.56. The van der Waals surface area contributed by atoms with Gasteiger partial charge in [0.1, 0.15) is 11.5 Å². The van der Waals surface area contributed by atoms with Gasteiger partial charge in [-0.3, -0.25) is 0 Å². The minimum absolute atomic E-state index is 0.291. The molecule has 0 spiro atoms. The Kier molecular flexibility index (Phi) is 3.50. The standard InChI is InChI=1S/C17H19NO2/c1-20-16-9-7-13(8-10-16)17(12-5-6-12)18-14-3-2-4-15(19)11-14/h2-4,7-12,17-19H,5-6H2,1H3. The molecule has 0 heterocycles. The molecule has 104 valence electrons. The van der Waals surface area contributed by atoms with E-state index in [1.54, 1.807) is 19.2 Å². The summed E-state index contributed by atoms with van der Waals surface area (Å²) < 4.78 is 5.21. The van der Waals surface area contributed by atoms with Crippen molar-refractivity contribution in [3.05, 3.63) is 54.1 Å². The molecule has 0 bridgehead atoms. The van der Waals surface area contributed by atoms with Crippen LogP contribution in [0.5, 0.6) is 11.5 Å². The molecule has 1 unspecified atom stereocenters. The van der Waals surface area contributed by atoms with Crippen molar-refractivity contribution in [2.45, 2.75) is 18.9 Å². The Morgan fingerprint density at radius 1 is 1.15 bits per heavy atom. The number of anilines is 1. The third-order valence-electron chi connectivity index (χ3n) is 3.74. The number of nitrogens with one attached hydrogen (secondary N) is 1. The second-order valence-corrected chi connectivity index (χ2v) is 5.28. The summed E-state index contributed by atoms with van der Waals surface area (Å²) in [5.41, 5.74) is 2.22. The molecule has 20 heavy (non-hydrogen) atoms. The zero-order chi connectivity index (χ0) is 13.9. The van der Waals surface area contributed by atoms with E-state index >= 15 is 0 Å². The maximum atomic E-state index is 9.56. The third kappa shape index (κ3) is 2.87. The van der Waals surface area contributed by atoms with Crippen molar-refractivity contribution in [3.8, 4) is 11.5 Å². The highest BCUT2D eigenvalue weighted by molar-refractivity contribution is 5.50. The van der Waals surface area contributed by atoms with Gasteiger partial charge in [0.25, 0.3) is 0 Å². The molecule has 0 aromatic heterocycles. The maximum Gasteiger partial charge on any atom is 0.118 e. The fraction of sp³-hybridized carbons (Fsp3) is 0.294. The van der Waals surface area contributed by atoms with Crippen LogP contribution in [0.25, 0.3) is 0 Å². The van der Waals surface area contributed by atoms with E-state index in [1.807, 2.05) is 24.3 Å². The van der Waals surface area contributed by atoms with Crippen molar-refractivity contribution in [2.75, 3.05) is 12.4 Å². The zero-order valence-electron chi connectivity index (χ0n) is 11.5. The Hall–Kier alpha value is -2.16. The summed E-state index contributed by atoms with van der Waals surface area (Å²) in [6.07, 6.45) is 2.50. The van der Waals surface area contributed by atoms with Gasteiger partial charge in [-0.15, -0.1) is 0 Å². The first-order valence-corrected chi connectivity index (χ1v) is 6.96. The number of phenolic OH excluding ortho intramolecular Hbond substituents is 1. The Morgan fingerprint density at radius 2 is 1.90 bits per heavy atom. The van der Waals surface area contributed by atoms with Crippen LogP contribution in [0.15, 0.2) is 48.5 Å². The second kappa shape index (κ2) is 5.45. The molecule has 2 N–H and O–H groups in total. The number of phenols is 1. The normalized spacial score (nSPS) is 15.7. The quantitative estimate of drug-likeness (QED) is 0.863. The Morgan fingerprint density at radius 3 is 2.50 bits per heavy atom. The van der Waals surface area contributed by atoms with Crippen LogP contribution in [0.2, 0.25) is 0 Å². The lowest BCUT2D eigenvalue weighted by atomic mass is 10.0. The van der Waals surface area contributed by atoms with Gasteiger partial charge in [-0.25, -0.2) is 0 Å². The summed E-state index contributed by atoms with van der Waals surface area (Å²) in [7, 11) is 1.68. The van der Waals surface area contributed by atoms with E-state index < -0.39 is 0 Å². The number of hydrogen-bond acceptors (Lipinski definition) is 3. The average Bonchev–Trinajstić information content (AvgIpc) is 3.30. The minimum atomic E-state index is 0.291. The molecule has 3 nitrogen and oxygen atoms in total. The molecule has 1 aliphatic carbocycles. The highest BCUT2D eigenvalue weighted by Gasteiger charge is 2.32. The van der Waals surface area contributed by atoms with Crippen molar-refractivity contribution < 1.29 is 9.84 Å². The summed E-state index contributed by atoms with van der Waals surface area (Å²) >= 11 is 0. The largest absolute Gasteiger partial charge is 0.508 e. The minimum Gasteiger partial charge on any atom is -0.508 e. The molecule has 0 radical (unpaired) electrons. The summed E-state index contributed by atoms with van der Waals surface area (Å²) in [6.45, 7) is 0.